The zero-order chi connectivity index (χ0) is 22.9. The summed E-state index contributed by atoms with van der Waals surface area (Å²) < 4.78 is 30.7. The number of nitrogens with one attached hydrogen (secondary N) is 1. The van der Waals surface area contributed by atoms with E-state index in [2.05, 4.69) is 5.32 Å². The lowest BCUT2D eigenvalue weighted by Gasteiger charge is -2.29. The van der Waals surface area contributed by atoms with Gasteiger partial charge >= 0.3 is 0 Å². The zero-order valence-electron chi connectivity index (χ0n) is 18.2. The van der Waals surface area contributed by atoms with Crippen LogP contribution < -0.4 is 19.7 Å². The molecule has 0 bridgehead atoms. The van der Waals surface area contributed by atoms with Gasteiger partial charge < -0.3 is 24.4 Å². The van der Waals surface area contributed by atoms with Gasteiger partial charge in [-0.05, 0) is 48.9 Å². The molecule has 0 aliphatic carbocycles. The van der Waals surface area contributed by atoms with E-state index in [1.807, 2.05) is 11.8 Å². The Morgan fingerprint density at radius 2 is 1.94 bits per heavy atom. The summed E-state index contributed by atoms with van der Waals surface area (Å²) in [7, 11) is 1.49. The van der Waals surface area contributed by atoms with Crippen LogP contribution in [0.25, 0.3) is 6.08 Å². The Morgan fingerprint density at radius 3 is 2.62 bits per heavy atom. The van der Waals surface area contributed by atoms with Gasteiger partial charge in [-0.2, -0.15) is 0 Å². The van der Waals surface area contributed by atoms with E-state index in [0.717, 1.165) is 0 Å². The Labute approximate surface area is 186 Å². The summed E-state index contributed by atoms with van der Waals surface area (Å²) in [5.41, 5.74) is 1.44. The average molecular weight is 442 g/mol. The number of anilines is 1. The smallest absolute Gasteiger partial charge is 0.257 e. The van der Waals surface area contributed by atoms with Crippen molar-refractivity contribution < 1.29 is 28.2 Å². The predicted octanol–water partition coefficient (Wildman–Crippen LogP) is 3.08. The number of benzene rings is 2. The van der Waals surface area contributed by atoms with Crippen molar-refractivity contribution >= 4 is 23.5 Å². The number of hydrogen-bond acceptors (Lipinski definition) is 6. The number of carbonyl (C=O) groups excluding carboxylic acids is 2. The van der Waals surface area contributed by atoms with Gasteiger partial charge in [0.15, 0.2) is 23.9 Å². The van der Waals surface area contributed by atoms with Gasteiger partial charge in [0.2, 0.25) is 0 Å². The molecule has 7 nitrogen and oxygen atoms in total. The van der Waals surface area contributed by atoms with Gasteiger partial charge in [0.05, 0.1) is 26.0 Å². The summed E-state index contributed by atoms with van der Waals surface area (Å²) in [5, 5.41) is 2.65. The number of ketones is 1. The number of amides is 1. The first kappa shape index (κ1) is 23.3. The van der Waals surface area contributed by atoms with Gasteiger partial charge in [-0.25, -0.2) is 4.39 Å². The van der Waals surface area contributed by atoms with Crippen LogP contribution in [-0.4, -0.2) is 58.3 Å². The Morgan fingerprint density at radius 1 is 1.16 bits per heavy atom. The molecule has 1 amide bonds. The summed E-state index contributed by atoms with van der Waals surface area (Å²) in [6.45, 7) is 4.59. The minimum atomic E-state index is -0.429. The van der Waals surface area contributed by atoms with E-state index in [1.54, 1.807) is 36.4 Å². The molecule has 2 aromatic carbocycles. The van der Waals surface area contributed by atoms with Crippen molar-refractivity contribution in [3.05, 3.63) is 59.4 Å². The molecule has 1 fully saturated rings. The summed E-state index contributed by atoms with van der Waals surface area (Å²) in [6, 6.07) is 9.61. The van der Waals surface area contributed by atoms with Crippen molar-refractivity contribution in [2.45, 2.75) is 6.92 Å². The first-order chi connectivity index (χ1) is 15.5. The number of methoxy groups -OCH3 is 1. The van der Waals surface area contributed by atoms with Gasteiger partial charge in [0.1, 0.15) is 5.82 Å². The van der Waals surface area contributed by atoms with Crippen LogP contribution in [0.3, 0.4) is 0 Å². The molecule has 32 heavy (non-hydrogen) atoms. The fourth-order valence-corrected chi connectivity index (χ4v) is 3.29. The summed E-state index contributed by atoms with van der Waals surface area (Å²) in [4.78, 5) is 26.0. The first-order valence-corrected chi connectivity index (χ1v) is 10.4. The van der Waals surface area contributed by atoms with Gasteiger partial charge in [0, 0.05) is 25.2 Å². The molecule has 1 aliphatic rings. The van der Waals surface area contributed by atoms with Crippen molar-refractivity contribution in [3.8, 4) is 11.5 Å². The number of rotatable bonds is 9. The van der Waals surface area contributed by atoms with Crippen molar-refractivity contribution in [1.29, 1.82) is 0 Å². The van der Waals surface area contributed by atoms with Crippen LogP contribution in [0.5, 0.6) is 11.5 Å². The van der Waals surface area contributed by atoms with Crippen LogP contribution in [0, 0.1) is 5.82 Å². The van der Waals surface area contributed by atoms with Gasteiger partial charge in [-0.1, -0.05) is 12.1 Å². The molecule has 0 aromatic heterocycles. The normalized spacial score (nSPS) is 13.8. The third kappa shape index (κ3) is 6.07. The molecule has 0 saturated carbocycles. The quantitative estimate of drug-likeness (QED) is 0.475. The number of morpholine rings is 1. The van der Waals surface area contributed by atoms with Gasteiger partial charge in [0.25, 0.3) is 5.91 Å². The first-order valence-electron chi connectivity index (χ1n) is 10.4. The standard InChI is InChI=1S/C24H27FN2O5/c1-3-26-24(29)16-32-22-9-5-17(14-23(22)30-2)4-8-21(28)18-6-7-20(19(25)15-18)27-10-12-31-13-11-27/h4-9,14-15H,3,10-13,16H2,1-2H3,(H,26,29)/b8-4+. The molecule has 170 valence electrons. The van der Waals surface area contributed by atoms with Crippen LogP contribution in [-0.2, 0) is 9.53 Å². The molecule has 3 rings (SSSR count). The number of nitrogens with zero attached hydrogens (tertiary/aromatic N) is 1. The number of ether oxygens (including phenoxy) is 3. The van der Waals surface area contributed by atoms with E-state index >= 15 is 0 Å². The molecule has 0 unspecified atom stereocenters. The molecule has 1 aliphatic heterocycles. The van der Waals surface area contributed by atoms with E-state index in [0.29, 0.717) is 55.6 Å². The van der Waals surface area contributed by atoms with E-state index < -0.39 is 5.82 Å². The SMILES string of the molecule is CCNC(=O)COc1ccc(/C=C/C(=O)c2ccc(N3CCOCC3)c(F)c2)cc1OC. The van der Waals surface area contributed by atoms with Crippen LogP contribution in [0.1, 0.15) is 22.8 Å². The molecule has 1 saturated heterocycles. The maximum absolute atomic E-state index is 14.6. The van der Waals surface area contributed by atoms with Gasteiger partial charge in [-0.15, -0.1) is 0 Å². The molecule has 0 radical (unpaired) electrons. The van der Waals surface area contributed by atoms with Crippen LogP contribution in [0.2, 0.25) is 0 Å². The third-order valence-electron chi connectivity index (χ3n) is 4.93. The number of carbonyl (C=O) groups is 2. The Kier molecular flexibility index (Phi) is 8.21. The van der Waals surface area contributed by atoms with E-state index in [4.69, 9.17) is 14.2 Å². The Hall–Kier alpha value is -3.39. The Bertz CT molecular complexity index is 986. The predicted molar refractivity (Wildman–Crippen MR) is 120 cm³/mol. The van der Waals surface area contributed by atoms with E-state index in [1.165, 1.54) is 19.3 Å². The highest BCUT2D eigenvalue weighted by molar-refractivity contribution is 6.07. The minimum absolute atomic E-state index is 0.121. The number of allylic oxidation sites excluding steroid dienone is 1. The highest BCUT2D eigenvalue weighted by atomic mass is 19.1. The maximum Gasteiger partial charge on any atom is 0.257 e. The van der Waals surface area contributed by atoms with Crippen LogP contribution >= 0.6 is 0 Å². The topological polar surface area (TPSA) is 77.1 Å². The lowest BCUT2D eigenvalue weighted by molar-refractivity contribution is -0.123. The zero-order valence-corrected chi connectivity index (χ0v) is 18.2. The van der Waals surface area contributed by atoms with Crippen molar-refractivity contribution in [3.63, 3.8) is 0 Å². The molecule has 8 heteroatoms. The average Bonchev–Trinajstić information content (AvgIpc) is 2.82. The lowest BCUT2D eigenvalue weighted by Crippen LogP contribution is -2.36. The number of likely N-dealkylation sites (N-methyl/N-ethyl adjacent to an activating group) is 1. The highest BCUT2D eigenvalue weighted by Gasteiger charge is 2.16. The molecule has 1 heterocycles. The maximum atomic E-state index is 14.6. The molecule has 0 spiro atoms. The third-order valence-corrected chi connectivity index (χ3v) is 4.93. The van der Waals surface area contributed by atoms with E-state index in [-0.39, 0.29) is 23.9 Å². The summed E-state index contributed by atoms with van der Waals surface area (Å²) >= 11 is 0. The van der Waals surface area contributed by atoms with Crippen LogP contribution in [0.15, 0.2) is 42.5 Å². The van der Waals surface area contributed by atoms with Crippen molar-refractivity contribution in [2.24, 2.45) is 0 Å². The van der Waals surface area contributed by atoms with E-state index in [9.17, 15) is 14.0 Å². The van der Waals surface area contributed by atoms with Crippen molar-refractivity contribution in [2.75, 3.05) is 51.5 Å². The molecule has 2 aromatic rings. The highest BCUT2D eigenvalue weighted by Crippen LogP contribution is 2.29. The number of hydrogen-bond donors (Lipinski definition) is 1. The number of halogens is 1. The molecule has 0 atom stereocenters. The lowest BCUT2D eigenvalue weighted by atomic mass is 10.1. The minimum Gasteiger partial charge on any atom is -0.493 e. The largest absolute Gasteiger partial charge is 0.493 e. The fraction of sp³-hybridized carbons (Fsp3) is 0.333. The second kappa shape index (κ2) is 11.3. The van der Waals surface area contributed by atoms with Gasteiger partial charge in [-0.3, -0.25) is 9.59 Å². The second-order valence-electron chi connectivity index (χ2n) is 7.12. The van der Waals surface area contributed by atoms with Crippen LogP contribution in [0.4, 0.5) is 10.1 Å². The monoisotopic (exact) mass is 442 g/mol. The van der Waals surface area contributed by atoms with Crippen molar-refractivity contribution in [1.82, 2.24) is 5.32 Å². The second-order valence-corrected chi connectivity index (χ2v) is 7.12. The molecular formula is C24H27FN2O5. The summed E-state index contributed by atoms with van der Waals surface area (Å²) in [6.07, 6.45) is 3.00. The Balaban J connectivity index is 1.66. The molecule has 1 N–H and O–H groups in total. The fourth-order valence-electron chi connectivity index (χ4n) is 3.29. The summed E-state index contributed by atoms with van der Waals surface area (Å²) in [5.74, 6) is -0.113. The molecular weight excluding hydrogens is 415 g/mol.